The Morgan fingerprint density at radius 2 is 2.40 bits per heavy atom. The van der Waals surface area contributed by atoms with E-state index in [0.717, 1.165) is 29.7 Å². The Hall–Kier alpha value is -1.78. The topological polar surface area (TPSA) is 68.1 Å². The molecule has 2 aromatic heterocycles. The number of nitrogens with zero attached hydrogens (tertiary/aromatic N) is 3. The average molecular weight is 204 g/mol. The molecule has 0 fully saturated rings. The van der Waals surface area contributed by atoms with Crippen LogP contribution in [0.3, 0.4) is 0 Å². The molecule has 5 heteroatoms. The zero-order chi connectivity index (χ0) is 10.7. The predicted octanol–water partition coefficient (Wildman–Crippen LogP) is 1.66. The van der Waals surface area contributed by atoms with Crippen LogP contribution in [-0.2, 0) is 0 Å². The molecule has 0 atom stereocenters. The minimum absolute atomic E-state index is 0.701. The summed E-state index contributed by atoms with van der Waals surface area (Å²) in [5.74, 6) is 0.701. The maximum Gasteiger partial charge on any atom is 0.291 e. The van der Waals surface area contributed by atoms with Crippen LogP contribution in [0.25, 0.3) is 11.2 Å². The van der Waals surface area contributed by atoms with E-state index in [-0.39, 0.29) is 0 Å². The average Bonchev–Trinajstić information content (AvgIpc) is 2.67. The first-order chi connectivity index (χ1) is 7.31. The first-order valence-electron chi connectivity index (χ1n) is 5.05. The highest BCUT2D eigenvalue weighted by atomic mass is 15.0. The Morgan fingerprint density at radius 3 is 3.20 bits per heavy atom. The number of aliphatic imine (C=N–C) groups is 1. The number of hydrogen-bond acceptors (Lipinski definition) is 3. The molecule has 5 nitrogen and oxygen atoms in total. The van der Waals surface area contributed by atoms with Crippen LogP contribution in [0, 0.1) is 0 Å². The molecule has 0 unspecified atom stereocenters. The Labute approximate surface area is 87.7 Å². The van der Waals surface area contributed by atoms with E-state index in [1.54, 1.807) is 12.7 Å². The molecule has 0 amide bonds. The van der Waals surface area contributed by atoms with Crippen molar-refractivity contribution in [3.63, 3.8) is 0 Å². The number of aromatic amines is 2. The molecule has 0 saturated heterocycles. The number of aromatic nitrogens is 4. The number of nitrogens with one attached hydrogen (secondary N) is 2. The van der Waals surface area contributed by atoms with Gasteiger partial charge in [0.15, 0.2) is 11.8 Å². The second-order valence-corrected chi connectivity index (χ2v) is 3.45. The number of fused-ring (bicyclic) bond motifs is 1. The SMILES string of the molecule is CCCC(C)=Nc1nc[nH+]c2nc[nH]c12. The van der Waals surface area contributed by atoms with Crippen LogP contribution in [0.2, 0.25) is 0 Å². The van der Waals surface area contributed by atoms with Crippen LogP contribution in [0.1, 0.15) is 26.7 Å². The summed E-state index contributed by atoms with van der Waals surface area (Å²) in [5.41, 5.74) is 2.73. The molecule has 2 N–H and O–H groups in total. The fraction of sp³-hybridized carbons (Fsp3) is 0.400. The molecule has 0 spiro atoms. The normalized spacial score (nSPS) is 12.3. The van der Waals surface area contributed by atoms with Crippen molar-refractivity contribution in [3.05, 3.63) is 12.7 Å². The number of rotatable bonds is 3. The van der Waals surface area contributed by atoms with E-state index in [0.29, 0.717) is 5.82 Å². The van der Waals surface area contributed by atoms with Crippen molar-refractivity contribution in [2.75, 3.05) is 0 Å². The summed E-state index contributed by atoms with van der Waals surface area (Å²) >= 11 is 0. The van der Waals surface area contributed by atoms with Crippen LogP contribution in [0.5, 0.6) is 0 Å². The summed E-state index contributed by atoms with van der Waals surface area (Å²) in [6, 6.07) is 0. The molecule has 0 saturated carbocycles. The van der Waals surface area contributed by atoms with Gasteiger partial charge < -0.3 is 4.98 Å². The van der Waals surface area contributed by atoms with Gasteiger partial charge in [0.25, 0.3) is 11.5 Å². The van der Waals surface area contributed by atoms with Crippen molar-refractivity contribution < 1.29 is 4.98 Å². The largest absolute Gasteiger partial charge is 0.323 e. The Morgan fingerprint density at radius 1 is 1.53 bits per heavy atom. The molecule has 0 aliphatic rings. The molecule has 0 aliphatic heterocycles. The van der Waals surface area contributed by atoms with Gasteiger partial charge in [-0.2, -0.15) is 0 Å². The van der Waals surface area contributed by atoms with Crippen molar-refractivity contribution in [1.82, 2.24) is 15.0 Å². The van der Waals surface area contributed by atoms with E-state index in [2.05, 4.69) is 31.9 Å². The van der Waals surface area contributed by atoms with Gasteiger partial charge in [-0.1, -0.05) is 23.3 Å². The maximum absolute atomic E-state index is 4.46. The van der Waals surface area contributed by atoms with E-state index < -0.39 is 0 Å². The molecular weight excluding hydrogens is 190 g/mol. The van der Waals surface area contributed by atoms with Gasteiger partial charge in [0, 0.05) is 5.71 Å². The van der Waals surface area contributed by atoms with Crippen molar-refractivity contribution in [3.8, 4) is 0 Å². The van der Waals surface area contributed by atoms with Crippen LogP contribution in [-0.4, -0.2) is 20.7 Å². The second kappa shape index (κ2) is 4.16. The monoisotopic (exact) mass is 204 g/mol. The third-order valence-corrected chi connectivity index (χ3v) is 2.16. The first kappa shape index (κ1) is 9.76. The zero-order valence-corrected chi connectivity index (χ0v) is 8.91. The first-order valence-corrected chi connectivity index (χ1v) is 5.05. The summed E-state index contributed by atoms with van der Waals surface area (Å²) in [7, 11) is 0. The molecule has 0 bridgehead atoms. The lowest BCUT2D eigenvalue weighted by Crippen LogP contribution is -2.04. The number of H-pyrrole nitrogens is 2. The van der Waals surface area contributed by atoms with Crippen molar-refractivity contribution in [2.24, 2.45) is 4.99 Å². The van der Waals surface area contributed by atoms with Crippen molar-refractivity contribution in [1.29, 1.82) is 0 Å². The number of imidazole rings is 1. The Balaban J connectivity index is 2.43. The van der Waals surface area contributed by atoms with E-state index >= 15 is 0 Å². The quantitative estimate of drug-likeness (QED) is 0.772. The van der Waals surface area contributed by atoms with Gasteiger partial charge in [-0.25, -0.2) is 9.98 Å². The lowest BCUT2D eigenvalue weighted by atomic mass is 10.2. The lowest BCUT2D eigenvalue weighted by molar-refractivity contribution is -0.352. The van der Waals surface area contributed by atoms with Gasteiger partial charge in [0.1, 0.15) is 0 Å². The van der Waals surface area contributed by atoms with E-state index in [4.69, 9.17) is 0 Å². The molecular formula is C10H14N5+. The summed E-state index contributed by atoms with van der Waals surface area (Å²) in [6.45, 7) is 4.15. The van der Waals surface area contributed by atoms with Gasteiger partial charge in [0.2, 0.25) is 6.33 Å². The third kappa shape index (κ3) is 2.01. The molecule has 2 heterocycles. The number of hydrogen-bond donors (Lipinski definition) is 1. The summed E-state index contributed by atoms with van der Waals surface area (Å²) in [4.78, 5) is 18.7. The standard InChI is InChI=1S/C10H13N5/c1-3-4-7(2)15-10-8-9(12-5-11-8)13-6-14-10/h5-6H,3-4H2,1-2H3,(H,11,12,13,14)/p+1. The van der Waals surface area contributed by atoms with Gasteiger partial charge in [-0.15, -0.1) is 0 Å². The molecule has 78 valence electrons. The molecule has 2 aromatic rings. The van der Waals surface area contributed by atoms with Crippen LogP contribution >= 0.6 is 0 Å². The summed E-state index contributed by atoms with van der Waals surface area (Å²) < 4.78 is 0. The van der Waals surface area contributed by atoms with E-state index in [1.807, 2.05) is 6.92 Å². The summed E-state index contributed by atoms with van der Waals surface area (Å²) in [6.07, 6.45) is 5.34. The van der Waals surface area contributed by atoms with Crippen LogP contribution in [0.15, 0.2) is 17.6 Å². The van der Waals surface area contributed by atoms with Crippen LogP contribution < -0.4 is 4.98 Å². The third-order valence-electron chi connectivity index (χ3n) is 2.16. The Kier molecular flexibility index (Phi) is 2.71. The van der Waals surface area contributed by atoms with E-state index in [1.165, 1.54) is 0 Å². The molecule has 0 radical (unpaired) electrons. The van der Waals surface area contributed by atoms with Crippen LogP contribution in [0.4, 0.5) is 5.82 Å². The van der Waals surface area contributed by atoms with Crippen molar-refractivity contribution >= 4 is 22.7 Å². The fourth-order valence-electron chi connectivity index (χ4n) is 1.48. The lowest BCUT2D eigenvalue weighted by Gasteiger charge is -1.94. The second-order valence-electron chi connectivity index (χ2n) is 3.45. The van der Waals surface area contributed by atoms with Gasteiger partial charge in [0.05, 0.1) is 0 Å². The van der Waals surface area contributed by atoms with Gasteiger partial charge in [-0.05, 0) is 13.3 Å². The maximum atomic E-state index is 4.46. The highest BCUT2D eigenvalue weighted by Gasteiger charge is 2.10. The van der Waals surface area contributed by atoms with E-state index in [9.17, 15) is 0 Å². The zero-order valence-electron chi connectivity index (χ0n) is 8.91. The minimum atomic E-state index is 0.701. The molecule has 15 heavy (non-hydrogen) atoms. The highest BCUT2D eigenvalue weighted by molar-refractivity contribution is 5.88. The van der Waals surface area contributed by atoms with Gasteiger partial charge in [-0.3, -0.25) is 0 Å². The molecule has 0 aliphatic carbocycles. The Bertz CT molecular complexity index is 485. The smallest absolute Gasteiger partial charge is 0.291 e. The highest BCUT2D eigenvalue weighted by Crippen LogP contribution is 2.16. The fourth-order valence-corrected chi connectivity index (χ4v) is 1.48. The van der Waals surface area contributed by atoms with Gasteiger partial charge >= 0.3 is 0 Å². The molecule has 2 rings (SSSR count). The molecule has 0 aromatic carbocycles. The van der Waals surface area contributed by atoms with Crippen molar-refractivity contribution in [2.45, 2.75) is 26.7 Å². The minimum Gasteiger partial charge on any atom is -0.323 e. The summed E-state index contributed by atoms with van der Waals surface area (Å²) in [5, 5.41) is 0. The predicted molar refractivity (Wildman–Crippen MR) is 58.1 cm³/mol.